The molecule has 1 heterocycles. The molecule has 0 saturated carbocycles. The molecular weight excluding hydrogens is 222 g/mol. The van der Waals surface area contributed by atoms with Gasteiger partial charge in [0, 0.05) is 12.2 Å². The van der Waals surface area contributed by atoms with Gasteiger partial charge in [-0.25, -0.2) is 4.98 Å². The number of hydrogen-bond donors (Lipinski definition) is 1. The summed E-state index contributed by atoms with van der Waals surface area (Å²) >= 11 is 0. The Morgan fingerprint density at radius 1 is 1.22 bits per heavy atom. The van der Waals surface area contributed by atoms with Crippen molar-refractivity contribution in [3.8, 4) is 6.07 Å². The first-order valence-corrected chi connectivity index (χ1v) is 5.88. The molecule has 0 saturated heterocycles. The van der Waals surface area contributed by atoms with Crippen molar-refractivity contribution in [2.75, 3.05) is 5.32 Å². The van der Waals surface area contributed by atoms with Crippen molar-refractivity contribution in [1.82, 2.24) is 4.98 Å². The molecule has 1 atom stereocenters. The summed E-state index contributed by atoms with van der Waals surface area (Å²) in [5.41, 5.74) is 3.00. The number of pyridine rings is 1. The van der Waals surface area contributed by atoms with E-state index in [1.54, 1.807) is 6.20 Å². The molecule has 0 aliphatic carbocycles. The highest BCUT2D eigenvalue weighted by Crippen LogP contribution is 2.18. The number of anilines is 1. The monoisotopic (exact) mass is 237 g/mol. The molecule has 90 valence electrons. The normalized spacial score (nSPS) is 11.6. The molecule has 0 bridgehead atoms. The van der Waals surface area contributed by atoms with Gasteiger partial charge in [0.15, 0.2) is 0 Å². The molecule has 2 rings (SSSR count). The van der Waals surface area contributed by atoms with Gasteiger partial charge in [-0.2, -0.15) is 5.26 Å². The van der Waals surface area contributed by atoms with Crippen LogP contribution >= 0.6 is 0 Å². The number of nitrogens with one attached hydrogen (secondary N) is 1. The summed E-state index contributed by atoms with van der Waals surface area (Å²) < 4.78 is 0. The molecule has 1 aromatic heterocycles. The zero-order valence-electron chi connectivity index (χ0n) is 10.5. The van der Waals surface area contributed by atoms with E-state index in [9.17, 15) is 0 Å². The first-order chi connectivity index (χ1) is 8.69. The van der Waals surface area contributed by atoms with Gasteiger partial charge in [0.25, 0.3) is 0 Å². The Hall–Kier alpha value is -2.34. The lowest BCUT2D eigenvalue weighted by Crippen LogP contribution is -2.07. The van der Waals surface area contributed by atoms with E-state index < -0.39 is 0 Å². The van der Waals surface area contributed by atoms with E-state index in [2.05, 4.69) is 23.3 Å². The Morgan fingerprint density at radius 3 is 2.56 bits per heavy atom. The number of benzene rings is 1. The third-order valence-electron chi connectivity index (χ3n) is 2.82. The maximum absolute atomic E-state index is 8.76. The van der Waals surface area contributed by atoms with E-state index in [1.807, 2.05) is 43.3 Å². The van der Waals surface area contributed by atoms with E-state index in [-0.39, 0.29) is 6.04 Å². The Morgan fingerprint density at radius 2 is 1.94 bits per heavy atom. The van der Waals surface area contributed by atoms with Crippen molar-refractivity contribution in [2.45, 2.75) is 19.9 Å². The zero-order chi connectivity index (χ0) is 13.0. The van der Waals surface area contributed by atoms with E-state index >= 15 is 0 Å². The summed E-state index contributed by atoms with van der Waals surface area (Å²) in [6, 6.07) is 13.9. The maximum Gasteiger partial charge on any atom is 0.126 e. The predicted octanol–water partition coefficient (Wildman–Crippen LogP) is 3.43. The van der Waals surface area contributed by atoms with Crippen molar-refractivity contribution in [3.63, 3.8) is 0 Å². The first kappa shape index (κ1) is 12.1. The zero-order valence-corrected chi connectivity index (χ0v) is 10.5. The largest absolute Gasteiger partial charge is 0.364 e. The van der Waals surface area contributed by atoms with Crippen LogP contribution in [0.5, 0.6) is 0 Å². The summed E-state index contributed by atoms with van der Waals surface area (Å²) in [6.45, 7) is 4.12. The minimum absolute atomic E-state index is 0.159. The van der Waals surface area contributed by atoms with Crippen LogP contribution in [-0.4, -0.2) is 4.98 Å². The van der Waals surface area contributed by atoms with E-state index in [0.29, 0.717) is 5.56 Å². The lowest BCUT2D eigenvalue weighted by molar-refractivity contribution is 0.874. The third kappa shape index (κ3) is 2.86. The van der Waals surface area contributed by atoms with Gasteiger partial charge in [-0.05, 0) is 49.2 Å². The van der Waals surface area contributed by atoms with Gasteiger partial charge >= 0.3 is 0 Å². The molecule has 0 fully saturated rings. The van der Waals surface area contributed by atoms with Crippen LogP contribution in [0.1, 0.15) is 29.7 Å². The van der Waals surface area contributed by atoms with Gasteiger partial charge in [-0.1, -0.05) is 12.1 Å². The molecule has 0 radical (unpaired) electrons. The van der Waals surface area contributed by atoms with Gasteiger partial charge < -0.3 is 5.32 Å². The fourth-order valence-electron chi connectivity index (χ4n) is 1.77. The maximum atomic E-state index is 8.76. The van der Waals surface area contributed by atoms with Crippen LogP contribution in [0.25, 0.3) is 0 Å². The number of nitriles is 1. The Labute approximate surface area is 107 Å². The number of hydrogen-bond acceptors (Lipinski definition) is 3. The van der Waals surface area contributed by atoms with Crippen LogP contribution in [-0.2, 0) is 0 Å². The second-order valence-corrected chi connectivity index (χ2v) is 4.32. The molecule has 1 N–H and O–H groups in total. The Bertz CT molecular complexity index is 567. The van der Waals surface area contributed by atoms with Gasteiger partial charge in [-0.3, -0.25) is 0 Å². The number of aryl methyl sites for hydroxylation is 1. The fraction of sp³-hybridized carbons (Fsp3) is 0.200. The van der Waals surface area contributed by atoms with Gasteiger partial charge in [0.1, 0.15) is 5.82 Å². The van der Waals surface area contributed by atoms with Crippen LogP contribution in [0, 0.1) is 18.3 Å². The van der Waals surface area contributed by atoms with Crippen LogP contribution in [0.2, 0.25) is 0 Å². The van der Waals surface area contributed by atoms with Crippen LogP contribution in [0.3, 0.4) is 0 Å². The molecule has 1 aromatic carbocycles. The standard InChI is InChI=1S/C15H15N3/c1-11-7-8-17-15(9-11)18-12(2)14-5-3-13(10-16)4-6-14/h3-9,12H,1-2H3,(H,17,18). The molecule has 3 nitrogen and oxygen atoms in total. The fourth-order valence-corrected chi connectivity index (χ4v) is 1.77. The highest BCUT2D eigenvalue weighted by Gasteiger charge is 2.05. The van der Waals surface area contributed by atoms with Gasteiger partial charge in [-0.15, -0.1) is 0 Å². The molecule has 18 heavy (non-hydrogen) atoms. The van der Waals surface area contributed by atoms with Crippen molar-refractivity contribution in [1.29, 1.82) is 5.26 Å². The smallest absolute Gasteiger partial charge is 0.126 e. The van der Waals surface area contributed by atoms with Crippen LogP contribution in [0.15, 0.2) is 42.6 Å². The molecule has 0 amide bonds. The minimum Gasteiger partial charge on any atom is -0.364 e. The van der Waals surface area contributed by atoms with E-state index in [0.717, 1.165) is 11.4 Å². The summed E-state index contributed by atoms with van der Waals surface area (Å²) in [4.78, 5) is 4.28. The minimum atomic E-state index is 0.159. The first-order valence-electron chi connectivity index (χ1n) is 5.88. The highest BCUT2D eigenvalue weighted by atomic mass is 15.0. The second-order valence-electron chi connectivity index (χ2n) is 4.32. The lowest BCUT2D eigenvalue weighted by atomic mass is 10.1. The number of rotatable bonds is 3. The molecule has 0 aliphatic heterocycles. The molecular formula is C15H15N3. The molecule has 3 heteroatoms. The van der Waals surface area contributed by atoms with E-state index in [1.165, 1.54) is 5.56 Å². The van der Waals surface area contributed by atoms with Crippen molar-refractivity contribution >= 4 is 5.82 Å². The summed E-state index contributed by atoms with van der Waals surface area (Å²) in [6.07, 6.45) is 1.79. The van der Waals surface area contributed by atoms with Crippen LogP contribution < -0.4 is 5.32 Å². The quantitative estimate of drug-likeness (QED) is 0.889. The average molecular weight is 237 g/mol. The Kier molecular flexibility index (Phi) is 3.59. The van der Waals surface area contributed by atoms with Crippen molar-refractivity contribution < 1.29 is 0 Å². The summed E-state index contributed by atoms with van der Waals surface area (Å²) in [5, 5.41) is 12.1. The lowest BCUT2D eigenvalue weighted by Gasteiger charge is -2.15. The highest BCUT2D eigenvalue weighted by molar-refractivity contribution is 5.41. The predicted molar refractivity (Wildman–Crippen MR) is 72.2 cm³/mol. The summed E-state index contributed by atoms with van der Waals surface area (Å²) in [5.74, 6) is 0.867. The molecule has 1 unspecified atom stereocenters. The molecule has 0 spiro atoms. The topological polar surface area (TPSA) is 48.7 Å². The average Bonchev–Trinajstić information content (AvgIpc) is 2.39. The van der Waals surface area contributed by atoms with Gasteiger partial charge in [0.05, 0.1) is 11.6 Å². The Balaban J connectivity index is 2.12. The van der Waals surface area contributed by atoms with Crippen molar-refractivity contribution in [3.05, 3.63) is 59.3 Å². The number of aromatic nitrogens is 1. The SMILES string of the molecule is Cc1ccnc(NC(C)c2ccc(C#N)cc2)c1. The van der Waals surface area contributed by atoms with E-state index in [4.69, 9.17) is 5.26 Å². The molecule has 0 aliphatic rings. The number of nitrogens with zero attached hydrogens (tertiary/aromatic N) is 2. The second kappa shape index (κ2) is 5.33. The third-order valence-corrected chi connectivity index (χ3v) is 2.82. The van der Waals surface area contributed by atoms with Gasteiger partial charge in [0.2, 0.25) is 0 Å². The van der Waals surface area contributed by atoms with Crippen molar-refractivity contribution in [2.24, 2.45) is 0 Å². The molecule has 2 aromatic rings. The summed E-state index contributed by atoms with van der Waals surface area (Å²) in [7, 11) is 0. The van der Waals surface area contributed by atoms with Crippen LogP contribution in [0.4, 0.5) is 5.82 Å².